The summed E-state index contributed by atoms with van der Waals surface area (Å²) in [5, 5.41) is 12.5. The molecule has 2 N–H and O–H groups in total. The second-order valence-corrected chi connectivity index (χ2v) is 7.81. The van der Waals surface area contributed by atoms with Crippen molar-refractivity contribution in [2.24, 2.45) is 5.41 Å². The maximum atomic E-state index is 12.3. The molecule has 0 aromatic heterocycles. The van der Waals surface area contributed by atoms with Gasteiger partial charge in [0.05, 0.1) is 10.7 Å². The number of nitrogens with one attached hydrogen (secondary N) is 1. The molecule has 1 aromatic rings. The van der Waals surface area contributed by atoms with Gasteiger partial charge < -0.3 is 10.4 Å². The molecule has 0 saturated heterocycles. The highest BCUT2D eigenvalue weighted by Gasteiger charge is 2.28. The van der Waals surface area contributed by atoms with Gasteiger partial charge in [-0.05, 0) is 43.9 Å². The molecular weight excluding hydrogens is 308 g/mol. The van der Waals surface area contributed by atoms with E-state index in [1.165, 1.54) is 16.4 Å². The van der Waals surface area contributed by atoms with E-state index in [-0.39, 0.29) is 27.8 Å². The summed E-state index contributed by atoms with van der Waals surface area (Å²) < 4.78 is 1.18. The van der Waals surface area contributed by atoms with E-state index in [1.54, 1.807) is 6.07 Å². The van der Waals surface area contributed by atoms with Gasteiger partial charge in [0.2, 0.25) is 0 Å². The minimum Gasteiger partial charge on any atom is -0.506 e. The number of nitrogens with zero attached hydrogens (tertiary/aromatic N) is 1. The molecular formula is C15H23ClN2O2S. The Bertz CT molecular complexity index is 527. The first-order valence-corrected chi connectivity index (χ1v) is 7.49. The lowest BCUT2D eigenvalue weighted by atomic mass is 9.82. The van der Waals surface area contributed by atoms with Crippen LogP contribution in [-0.2, 0) is 0 Å². The van der Waals surface area contributed by atoms with Crippen molar-refractivity contribution in [3.63, 3.8) is 0 Å². The second-order valence-electron chi connectivity index (χ2n) is 7.00. The van der Waals surface area contributed by atoms with E-state index in [2.05, 4.69) is 38.9 Å². The predicted molar refractivity (Wildman–Crippen MR) is 91.3 cm³/mol. The van der Waals surface area contributed by atoms with Crippen LogP contribution in [-0.4, -0.2) is 16.7 Å². The number of benzene rings is 1. The van der Waals surface area contributed by atoms with Gasteiger partial charge in [-0.3, -0.25) is 0 Å². The number of halogens is 1. The van der Waals surface area contributed by atoms with Crippen molar-refractivity contribution in [3.05, 3.63) is 23.2 Å². The van der Waals surface area contributed by atoms with E-state index >= 15 is 0 Å². The van der Waals surface area contributed by atoms with Crippen molar-refractivity contribution in [3.8, 4) is 5.75 Å². The summed E-state index contributed by atoms with van der Waals surface area (Å²) >= 11 is 10.0. The van der Waals surface area contributed by atoms with Gasteiger partial charge >= 0.3 is 6.03 Å². The number of carbonyl (C=O) groups excluding carboxylic acids is 1. The summed E-state index contributed by atoms with van der Waals surface area (Å²) in [4.78, 5) is 12.3. The van der Waals surface area contributed by atoms with Gasteiger partial charge in [-0.15, -0.1) is 0 Å². The van der Waals surface area contributed by atoms with Crippen LogP contribution >= 0.6 is 24.4 Å². The number of phenolic OH excluding ortho intramolecular Hbond substituents is 1. The van der Waals surface area contributed by atoms with Crippen LogP contribution in [0.3, 0.4) is 0 Å². The van der Waals surface area contributed by atoms with Crippen LogP contribution in [0.15, 0.2) is 18.2 Å². The van der Waals surface area contributed by atoms with Crippen molar-refractivity contribution in [1.29, 1.82) is 0 Å². The number of thiol groups is 1. The lowest BCUT2D eigenvalue weighted by Gasteiger charge is -2.34. The second kappa shape index (κ2) is 6.36. The third-order valence-electron chi connectivity index (χ3n) is 2.79. The quantitative estimate of drug-likeness (QED) is 0.708. The predicted octanol–water partition coefficient (Wildman–Crippen LogP) is 4.62. The zero-order valence-corrected chi connectivity index (χ0v) is 14.7. The van der Waals surface area contributed by atoms with Gasteiger partial charge in [0, 0.05) is 5.54 Å². The number of hydrogen-bond acceptors (Lipinski definition) is 3. The molecule has 1 rings (SSSR count). The Labute approximate surface area is 137 Å². The number of anilines is 1. The van der Waals surface area contributed by atoms with Crippen molar-refractivity contribution >= 4 is 36.1 Å². The van der Waals surface area contributed by atoms with E-state index in [9.17, 15) is 9.90 Å². The Hall–Kier alpha value is -1.07. The molecule has 118 valence electrons. The standard InChI is InChI=1S/C15H23ClN2O2S/c1-14(2,3)9-15(4,5)17-13(20)18(21)10-6-7-12(19)11(16)8-10/h6-8,19,21H,9H2,1-5H3,(H,17,20). The normalized spacial score (nSPS) is 12.1. The van der Waals surface area contributed by atoms with Gasteiger partial charge in [-0.1, -0.05) is 45.2 Å². The van der Waals surface area contributed by atoms with Crippen LogP contribution in [0.25, 0.3) is 0 Å². The molecule has 0 aliphatic carbocycles. The molecule has 2 amide bonds. The monoisotopic (exact) mass is 330 g/mol. The minimum atomic E-state index is -0.364. The largest absolute Gasteiger partial charge is 0.506 e. The Kier molecular flexibility index (Phi) is 5.45. The Morgan fingerprint density at radius 1 is 1.33 bits per heavy atom. The highest BCUT2D eigenvalue weighted by Crippen LogP contribution is 2.30. The number of aromatic hydroxyl groups is 1. The van der Waals surface area contributed by atoms with Crippen LogP contribution in [0.5, 0.6) is 5.75 Å². The van der Waals surface area contributed by atoms with E-state index in [0.29, 0.717) is 5.69 Å². The lowest BCUT2D eigenvalue weighted by Crippen LogP contribution is -2.49. The maximum absolute atomic E-state index is 12.3. The molecule has 4 nitrogen and oxygen atoms in total. The van der Waals surface area contributed by atoms with Gasteiger partial charge in [-0.2, -0.15) is 0 Å². The fourth-order valence-corrected chi connectivity index (χ4v) is 2.81. The summed E-state index contributed by atoms with van der Waals surface area (Å²) in [6, 6.07) is 4.15. The van der Waals surface area contributed by atoms with Crippen LogP contribution in [0, 0.1) is 5.41 Å². The molecule has 0 spiro atoms. The average Bonchev–Trinajstić information content (AvgIpc) is 2.27. The third kappa shape index (κ3) is 5.67. The first-order chi connectivity index (χ1) is 9.41. The maximum Gasteiger partial charge on any atom is 0.332 e. The zero-order valence-electron chi connectivity index (χ0n) is 13.1. The smallest absolute Gasteiger partial charge is 0.332 e. The fraction of sp³-hybridized carbons (Fsp3) is 0.533. The summed E-state index contributed by atoms with van der Waals surface area (Å²) in [6.07, 6.45) is 0.823. The zero-order chi connectivity index (χ0) is 16.4. The molecule has 0 radical (unpaired) electrons. The molecule has 0 aliphatic rings. The Morgan fingerprint density at radius 3 is 2.38 bits per heavy atom. The molecule has 0 fully saturated rings. The minimum absolute atomic E-state index is 0.0318. The van der Waals surface area contributed by atoms with Crippen molar-refractivity contribution in [1.82, 2.24) is 5.32 Å². The van der Waals surface area contributed by atoms with Crippen LogP contribution in [0.2, 0.25) is 5.02 Å². The topological polar surface area (TPSA) is 52.6 Å². The average molecular weight is 331 g/mol. The van der Waals surface area contributed by atoms with Crippen LogP contribution in [0.1, 0.15) is 41.0 Å². The summed E-state index contributed by atoms with van der Waals surface area (Å²) in [6.45, 7) is 10.3. The summed E-state index contributed by atoms with van der Waals surface area (Å²) in [5.74, 6) is -0.0318. The van der Waals surface area contributed by atoms with E-state index in [4.69, 9.17) is 11.6 Å². The van der Waals surface area contributed by atoms with E-state index in [1.807, 2.05) is 13.8 Å². The van der Waals surface area contributed by atoms with E-state index < -0.39 is 0 Å². The molecule has 0 atom stereocenters. The SMILES string of the molecule is CC(C)(C)CC(C)(C)NC(=O)N(S)c1ccc(O)c(Cl)c1. The molecule has 0 saturated carbocycles. The van der Waals surface area contributed by atoms with Gasteiger partial charge in [0.1, 0.15) is 5.75 Å². The molecule has 0 heterocycles. The fourth-order valence-electron chi connectivity index (χ4n) is 2.46. The van der Waals surface area contributed by atoms with Crippen molar-refractivity contribution < 1.29 is 9.90 Å². The first-order valence-electron chi connectivity index (χ1n) is 6.71. The van der Waals surface area contributed by atoms with Gasteiger partial charge in [-0.25, -0.2) is 9.10 Å². The highest BCUT2D eigenvalue weighted by molar-refractivity contribution is 7.82. The number of phenols is 1. The van der Waals surface area contributed by atoms with Gasteiger partial charge in [0.15, 0.2) is 0 Å². The van der Waals surface area contributed by atoms with Crippen LogP contribution in [0.4, 0.5) is 10.5 Å². The number of amides is 2. The summed E-state index contributed by atoms with van der Waals surface area (Å²) in [5.41, 5.74) is 0.224. The van der Waals surface area contributed by atoms with Crippen LogP contribution < -0.4 is 9.62 Å². The molecule has 0 unspecified atom stereocenters. The van der Waals surface area contributed by atoms with E-state index in [0.717, 1.165) is 6.42 Å². The number of carbonyl (C=O) groups is 1. The highest BCUT2D eigenvalue weighted by atomic mass is 35.5. The van der Waals surface area contributed by atoms with Crippen molar-refractivity contribution in [2.45, 2.75) is 46.6 Å². The molecule has 0 bridgehead atoms. The summed E-state index contributed by atoms with van der Waals surface area (Å²) in [7, 11) is 0. The van der Waals surface area contributed by atoms with Crippen molar-refractivity contribution in [2.75, 3.05) is 4.31 Å². The van der Waals surface area contributed by atoms with Gasteiger partial charge in [0.25, 0.3) is 0 Å². The molecule has 6 heteroatoms. The Balaban J connectivity index is 2.81. The molecule has 1 aromatic carbocycles. The molecule has 0 aliphatic heterocycles. The lowest BCUT2D eigenvalue weighted by molar-refractivity contribution is 0.218. The number of rotatable bonds is 3. The third-order valence-corrected chi connectivity index (χ3v) is 3.50. The number of urea groups is 1. The molecule has 21 heavy (non-hydrogen) atoms. The first kappa shape index (κ1) is 18.0. The number of hydrogen-bond donors (Lipinski definition) is 3. The Morgan fingerprint density at radius 2 is 1.90 bits per heavy atom.